The molecule has 19 heavy (non-hydrogen) atoms. The van der Waals surface area contributed by atoms with Gasteiger partial charge in [-0.05, 0) is 12.1 Å². The molecule has 1 rings (SSSR count). The second-order valence-electron chi connectivity index (χ2n) is 3.44. The summed E-state index contributed by atoms with van der Waals surface area (Å²) < 4.78 is 48.9. The molecule has 0 radical (unpaired) electrons. The Kier molecular flexibility index (Phi) is 4.99. The zero-order chi connectivity index (χ0) is 14.5. The highest BCUT2D eigenvalue weighted by atomic mass is 19.4. The fourth-order valence-electron chi connectivity index (χ4n) is 1.26. The van der Waals surface area contributed by atoms with Gasteiger partial charge in [0.1, 0.15) is 17.9 Å². The largest absolute Gasteiger partial charge is 0.496 e. The molecule has 0 bridgehead atoms. The molecule has 0 saturated carbocycles. The lowest BCUT2D eigenvalue weighted by molar-refractivity contribution is -0.190. The molecule has 0 fully saturated rings. The molecule has 0 aliphatic carbocycles. The first-order valence-electron chi connectivity index (χ1n) is 5.09. The number of hydrogen-bond acceptors (Lipinski definition) is 5. The van der Waals surface area contributed by atoms with Crippen molar-refractivity contribution >= 4 is 11.7 Å². The smallest absolute Gasteiger partial charge is 0.411 e. The van der Waals surface area contributed by atoms with Crippen LogP contribution in [-0.2, 0) is 9.47 Å². The van der Waals surface area contributed by atoms with E-state index >= 15 is 0 Å². The van der Waals surface area contributed by atoms with Crippen molar-refractivity contribution in [3.63, 3.8) is 0 Å². The lowest BCUT2D eigenvalue weighted by atomic mass is 10.1. The highest BCUT2D eigenvalue weighted by Crippen LogP contribution is 2.24. The Hall–Kier alpha value is -1.96. The van der Waals surface area contributed by atoms with Gasteiger partial charge in [0, 0.05) is 5.69 Å². The first kappa shape index (κ1) is 15.1. The van der Waals surface area contributed by atoms with Crippen molar-refractivity contribution in [1.29, 1.82) is 0 Å². The van der Waals surface area contributed by atoms with Gasteiger partial charge in [-0.3, -0.25) is 0 Å². The first-order valence-corrected chi connectivity index (χ1v) is 5.09. The third-order valence-electron chi connectivity index (χ3n) is 2.02. The molecule has 0 aromatic heterocycles. The molecule has 0 unspecified atom stereocenters. The number of methoxy groups -OCH3 is 1. The van der Waals surface area contributed by atoms with E-state index in [1.807, 2.05) is 0 Å². The summed E-state index contributed by atoms with van der Waals surface area (Å²) >= 11 is 0. The molecule has 8 heteroatoms. The zero-order valence-corrected chi connectivity index (χ0v) is 9.99. The van der Waals surface area contributed by atoms with Crippen LogP contribution in [0.1, 0.15) is 10.4 Å². The summed E-state index contributed by atoms with van der Waals surface area (Å²) in [5.74, 6) is -0.752. The summed E-state index contributed by atoms with van der Waals surface area (Å²) in [5.41, 5.74) is 5.61. The molecule has 0 saturated heterocycles. The van der Waals surface area contributed by atoms with Gasteiger partial charge in [-0.1, -0.05) is 6.07 Å². The fourth-order valence-corrected chi connectivity index (χ4v) is 1.26. The molecule has 1 aromatic carbocycles. The van der Waals surface area contributed by atoms with E-state index in [2.05, 4.69) is 9.47 Å². The Morgan fingerprint density at radius 1 is 1.37 bits per heavy atom. The standard InChI is InChI=1S/C11H12F3NO4/c1-17-8-4-2-3-7(15)9(8)10(16)19-6-18-5-11(12,13)14/h2-4H,5-6,15H2,1H3. The summed E-state index contributed by atoms with van der Waals surface area (Å²) in [6.45, 7) is -2.32. The van der Waals surface area contributed by atoms with Crippen molar-refractivity contribution < 1.29 is 32.2 Å². The third-order valence-corrected chi connectivity index (χ3v) is 2.02. The van der Waals surface area contributed by atoms with Crippen LogP contribution in [0.4, 0.5) is 18.9 Å². The summed E-state index contributed by atoms with van der Waals surface area (Å²) in [7, 11) is 1.33. The topological polar surface area (TPSA) is 70.8 Å². The Balaban J connectivity index is 2.59. The van der Waals surface area contributed by atoms with Crippen LogP contribution in [0.2, 0.25) is 0 Å². The summed E-state index contributed by atoms with van der Waals surface area (Å²) in [5, 5.41) is 0. The molecular formula is C11H12F3NO4. The molecule has 5 nitrogen and oxygen atoms in total. The molecule has 0 aliphatic heterocycles. The van der Waals surface area contributed by atoms with Gasteiger partial charge in [-0.2, -0.15) is 13.2 Å². The quantitative estimate of drug-likeness (QED) is 0.386. The number of rotatable bonds is 5. The van der Waals surface area contributed by atoms with Crippen LogP contribution < -0.4 is 10.5 Å². The van der Waals surface area contributed by atoms with Crippen molar-refractivity contribution in [2.24, 2.45) is 0 Å². The maximum Gasteiger partial charge on any atom is 0.411 e. The van der Waals surface area contributed by atoms with E-state index in [-0.39, 0.29) is 17.0 Å². The lowest BCUT2D eigenvalue weighted by Crippen LogP contribution is -2.20. The van der Waals surface area contributed by atoms with Gasteiger partial charge in [0.05, 0.1) is 7.11 Å². The fraction of sp³-hybridized carbons (Fsp3) is 0.364. The minimum Gasteiger partial charge on any atom is -0.496 e. The maximum atomic E-state index is 11.8. The Morgan fingerprint density at radius 3 is 2.63 bits per heavy atom. The van der Waals surface area contributed by atoms with Crippen LogP contribution >= 0.6 is 0 Å². The van der Waals surface area contributed by atoms with Crippen molar-refractivity contribution in [3.05, 3.63) is 23.8 Å². The van der Waals surface area contributed by atoms with Crippen LogP contribution in [0.15, 0.2) is 18.2 Å². The summed E-state index contributed by atoms with van der Waals surface area (Å²) in [6.07, 6.45) is -4.48. The number of nitrogens with two attached hydrogens (primary N) is 1. The second-order valence-corrected chi connectivity index (χ2v) is 3.44. The van der Waals surface area contributed by atoms with Crippen LogP contribution in [0.3, 0.4) is 0 Å². The Morgan fingerprint density at radius 2 is 2.05 bits per heavy atom. The number of benzene rings is 1. The monoisotopic (exact) mass is 279 g/mol. The molecule has 0 aliphatic rings. The molecule has 106 valence electrons. The van der Waals surface area contributed by atoms with Gasteiger partial charge < -0.3 is 19.9 Å². The van der Waals surface area contributed by atoms with E-state index in [0.29, 0.717) is 0 Å². The molecular weight excluding hydrogens is 267 g/mol. The highest BCUT2D eigenvalue weighted by Gasteiger charge is 2.27. The highest BCUT2D eigenvalue weighted by molar-refractivity contribution is 5.98. The van der Waals surface area contributed by atoms with E-state index in [4.69, 9.17) is 10.5 Å². The molecule has 1 aromatic rings. The number of anilines is 1. The number of ether oxygens (including phenoxy) is 3. The van der Waals surface area contributed by atoms with E-state index in [1.165, 1.54) is 19.2 Å². The van der Waals surface area contributed by atoms with Crippen molar-refractivity contribution in [1.82, 2.24) is 0 Å². The molecule has 2 N–H and O–H groups in total. The average molecular weight is 279 g/mol. The van der Waals surface area contributed by atoms with Crippen LogP contribution in [0.25, 0.3) is 0 Å². The number of carbonyl (C=O) groups is 1. The SMILES string of the molecule is COc1cccc(N)c1C(=O)OCOCC(F)(F)F. The number of hydrogen-bond donors (Lipinski definition) is 1. The maximum absolute atomic E-state index is 11.8. The minimum absolute atomic E-state index is 0.0550. The van der Waals surface area contributed by atoms with E-state index in [0.717, 1.165) is 0 Å². The predicted octanol–water partition coefficient (Wildman–Crippen LogP) is 1.97. The number of halogens is 3. The number of esters is 1. The van der Waals surface area contributed by atoms with Gasteiger partial charge in [0.15, 0.2) is 6.79 Å². The lowest BCUT2D eigenvalue weighted by Gasteiger charge is -2.11. The Labute approximate surface area is 107 Å². The van der Waals surface area contributed by atoms with Gasteiger partial charge in [0.2, 0.25) is 0 Å². The van der Waals surface area contributed by atoms with Gasteiger partial charge in [0.25, 0.3) is 0 Å². The molecule has 0 heterocycles. The minimum atomic E-state index is -4.48. The first-order chi connectivity index (χ1) is 8.85. The van der Waals surface area contributed by atoms with E-state index in [9.17, 15) is 18.0 Å². The number of carbonyl (C=O) groups excluding carboxylic acids is 1. The van der Waals surface area contributed by atoms with E-state index < -0.39 is 25.5 Å². The average Bonchev–Trinajstić information content (AvgIpc) is 2.32. The van der Waals surface area contributed by atoms with Crippen LogP contribution in [0, 0.1) is 0 Å². The summed E-state index contributed by atoms with van der Waals surface area (Å²) in [6, 6.07) is 4.48. The van der Waals surface area contributed by atoms with Crippen molar-refractivity contribution in [2.75, 3.05) is 26.2 Å². The normalized spacial score (nSPS) is 11.2. The van der Waals surface area contributed by atoms with Crippen molar-refractivity contribution in [3.8, 4) is 5.75 Å². The Bertz CT molecular complexity index is 448. The number of alkyl halides is 3. The van der Waals surface area contributed by atoms with Gasteiger partial charge in [-0.15, -0.1) is 0 Å². The van der Waals surface area contributed by atoms with Crippen LogP contribution in [-0.4, -0.2) is 32.7 Å². The molecule has 0 amide bonds. The van der Waals surface area contributed by atoms with Gasteiger partial charge >= 0.3 is 12.1 Å². The van der Waals surface area contributed by atoms with Crippen molar-refractivity contribution in [2.45, 2.75) is 6.18 Å². The molecule has 0 spiro atoms. The van der Waals surface area contributed by atoms with Crippen LogP contribution in [0.5, 0.6) is 5.75 Å². The second kappa shape index (κ2) is 6.28. The van der Waals surface area contributed by atoms with E-state index in [1.54, 1.807) is 6.07 Å². The predicted molar refractivity (Wildman–Crippen MR) is 59.7 cm³/mol. The zero-order valence-electron chi connectivity index (χ0n) is 9.99. The molecule has 0 atom stereocenters. The van der Waals surface area contributed by atoms with Gasteiger partial charge in [-0.25, -0.2) is 4.79 Å². The summed E-state index contributed by atoms with van der Waals surface area (Å²) in [4.78, 5) is 11.6. The third kappa shape index (κ3) is 4.66. The number of nitrogen functional groups attached to an aromatic ring is 1.